The molecule has 0 saturated carbocycles. The van der Waals surface area contributed by atoms with E-state index in [-0.39, 0.29) is 5.91 Å². The zero-order chi connectivity index (χ0) is 13.7. The quantitative estimate of drug-likeness (QED) is 0.654. The smallest absolute Gasteiger partial charge is 0.255 e. The number of hydrogen-bond donors (Lipinski definition) is 1. The molecule has 0 spiro atoms. The van der Waals surface area contributed by atoms with Crippen molar-refractivity contribution in [3.8, 4) is 12.3 Å². The number of benzene rings is 2. The van der Waals surface area contributed by atoms with Crippen molar-refractivity contribution in [2.24, 2.45) is 0 Å². The normalized spacial score (nSPS) is 9.42. The van der Waals surface area contributed by atoms with Crippen molar-refractivity contribution in [2.45, 2.75) is 0 Å². The highest BCUT2D eigenvalue weighted by atomic mass is 16.1. The summed E-state index contributed by atoms with van der Waals surface area (Å²) in [5.74, 6) is 2.30. The molecule has 0 fully saturated rings. The topological polar surface area (TPSA) is 29.1 Å². The molecular weight excluding hydrogens is 234 g/mol. The fourth-order valence-electron chi connectivity index (χ4n) is 1.63. The summed E-state index contributed by atoms with van der Waals surface area (Å²) in [4.78, 5) is 12.0. The van der Waals surface area contributed by atoms with Crippen molar-refractivity contribution in [3.63, 3.8) is 0 Å². The van der Waals surface area contributed by atoms with Gasteiger partial charge in [0.2, 0.25) is 0 Å². The van der Waals surface area contributed by atoms with Crippen molar-refractivity contribution in [3.05, 3.63) is 72.3 Å². The lowest BCUT2D eigenvalue weighted by atomic mass is 10.1. The van der Waals surface area contributed by atoms with Gasteiger partial charge < -0.3 is 5.32 Å². The summed E-state index contributed by atoms with van der Waals surface area (Å²) in [6, 6.07) is 16.4. The van der Waals surface area contributed by atoms with E-state index in [1.54, 1.807) is 24.3 Å². The third kappa shape index (κ3) is 3.11. The summed E-state index contributed by atoms with van der Waals surface area (Å²) in [5.41, 5.74) is 2.71. The number of hydrogen-bond acceptors (Lipinski definition) is 1. The molecule has 0 radical (unpaired) electrons. The van der Waals surface area contributed by atoms with Crippen LogP contribution in [0, 0.1) is 12.3 Å². The van der Waals surface area contributed by atoms with E-state index >= 15 is 0 Å². The van der Waals surface area contributed by atoms with Crippen molar-refractivity contribution in [1.82, 2.24) is 0 Å². The van der Waals surface area contributed by atoms with Crippen molar-refractivity contribution < 1.29 is 4.79 Å². The summed E-state index contributed by atoms with van der Waals surface area (Å²) in [7, 11) is 0. The van der Waals surface area contributed by atoms with Crippen LogP contribution >= 0.6 is 0 Å². The van der Waals surface area contributed by atoms with Crippen LogP contribution in [0.1, 0.15) is 11.1 Å². The number of anilines is 1. The molecule has 1 amide bonds. The summed E-state index contributed by atoms with van der Waals surface area (Å²) in [6.45, 7) is 3.81. The van der Waals surface area contributed by atoms with Gasteiger partial charge in [0, 0.05) is 16.8 Å². The van der Waals surface area contributed by atoms with E-state index in [1.165, 1.54) is 0 Å². The minimum atomic E-state index is -0.223. The minimum Gasteiger partial charge on any atom is -0.322 e. The van der Waals surface area contributed by atoms with Crippen LogP contribution in [0.3, 0.4) is 0 Å². The summed E-state index contributed by atoms with van der Waals surface area (Å²) in [5, 5.41) is 2.78. The highest BCUT2D eigenvalue weighted by Gasteiger charge is 2.08. The predicted molar refractivity (Wildman–Crippen MR) is 78.5 cm³/mol. The number of carbonyl (C=O) groups is 1. The largest absolute Gasteiger partial charge is 0.322 e. The Morgan fingerprint density at radius 1 is 1.05 bits per heavy atom. The molecule has 0 bridgehead atoms. The lowest BCUT2D eigenvalue weighted by molar-refractivity contribution is -0.111. The van der Waals surface area contributed by atoms with Gasteiger partial charge in [0.15, 0.2) is 0 Å². The lowest BCUT2D eigenvalue weighted by Gasteiger charge is -2.07. The second-order valence-electron chi connectivity index (χ2n) is 4.02. The third-order valence-electron chi connectivity index (χ3n) is 2.71. The second kappa shape index (κ2) is 5.70. The van der Waals surface area contributed by atoms with Crippen LogP contribution in [0.25, 0.3) is 5.57 Å². The molecule has 0 aliphatic carbocycles. The van der Waals surface area contributed by atoms with Crippen LogP contribution in [0.15, 0.2) is 61.2 Å². The second-order valence-corrected chi connectivity index (χ2v) is 4.02. The zero-order valence-electron chi connectivity index (χ0n) is 10.4. The Morgan fingerprint density at radius 2 is 1.68 bits per heavy atom. The molecule has 1 N–H and O–H groups in total. The first kappa shape index (κ1) is 12.7. The van der Waals surface area contributed by atoms with Crippen LogP contribution in [-0.4, -0.2) is 5.91 Å². The molecule has 0 aliphatic heterocycles. The molecule has 2 aromatic rings. The molecular formula is C17H13NO. The maximum Gasteiger partial charge on any atom is 0.255 e. The van der Waals surface area contributed by atoms with Crippen LogP contribution < -0.4 is 5.32 Å². The predicted octanol–water partition coefficient (Wildman–Crippen LogP) is 3.32. The van der Waals surface area contributed by atoms with Gasteiger partial charge in [-0.3, -0.25) is 4.79 Å². The number of nitrogens with one attached hydrogen (secondary N) is 1. The fourth-order valence-corrected chi connectivity index (χ4v) is 1.63. The molecule has 0 heterocycles. The van der Waals surface area contributed by atoms with Gasteiger partial charge in [-0.2, -0.15) is 0 Å². The average molecular weight is 247 g/mol. The SMILES string of the molecule is C#Cc1ccc(NC(=O)C(=C)c2ccccc2)cc1. The molecule has 0 atom stereocenters. The van der Waals surface area contributed by atoms with E-state index in [4.69, 9.17) is 6.42 Å². The molecule has 2 nitrogen and oxygen atoms in total. The highest BCUT2D eigenvalue weighted by molar-refractivity contribution is 6.24. The molecule has 0 unspecified atom stereocenters. The van der Waals surface area contributed by atoms with Crippen LogP contribution in [-0.2, 0) is 4.79 Å². The van der Waals surface area contributed by atoms with Gasteiger partial charge >= 0.3 is 0 Å². The van der Waals surface area contributed by atoms with Crippen LogP contribution in [0.2, 0.25) is 0 Å². The Kier molecular flexibility index (Phi) is 3.80. The van der Waals surface area contributed by atoms with Gasteiger partial charge in [-0.15, -0.1) is 6.42 Å². The Balaban J connectivity index is 2.09. The van der Waals surface area contributed by atoms with E-state index in [1.807, 2.05) is 30.3 Å². The van der Waals surface area contributed by atoms with Crippen molar-refractivity contribution >= 4 is 17.2 Å². The first-order chi connectivity index (χ1) is 9.20. The Hall–Kier alpha value is -2.79. The molecule has 0 aromatic heterocycles. The monoisotopic (exact) mass is 247 g/mol. The average Bonchev–Trinajstić information content (AvgIpc) is 2.48. The maximum absolute atomic E-state index is 12.0. The minimum absolute atomic E-state index is 0.223. The maximum atomic E-state index is 12.0. The van der Waals surface area contributed by atoms with E-state index < -0.39 is 0 Å². The molecule has 0 aliphatic rings. The van der Waals surface area contributed by atoms with Crippen LogP contribution in [0.5, 0.6) is 0 Å². The van der Waals surface area contributed by atoms with Gasteiger partial charge in [-0.1, -0.05) is 42.8 Å². The Bertz CT molecular complexity index is 633. The zero-order valence-corrected chi connectivity index (χ0v) is 10.4. The molecule has 2 heteroatoms. The van der Waals surface area contributed by atoms with E-state index in [0.717, 1.165) is 11.1 Å². The standard InChI is InChI=1S/C17H13NO/c1-3-14-9-11-16(12-10-14)18-17(19)13(2)15-7-5-4-6-8-15/h1,4-12H,2H2,(H,18,19). The van der Waals surface area contributed by atoms with Gasteiger partial charge in [-0.25, -0.2) is 0 Å². The number of rotatable bonds is 3. The summed E-state index contributed by atoms with van der Waals surface area (Å²) >= 11 is 0. The third-order valence-corrected chi connectivity index (χ3v) is 2.71. The molecule has 2 rings (SSSR count). The Morgan fingerprint density at radius 3 is 2.26 bits per heavy atom. The van der Waals surface area contributed by atoms with Crippen LogP contribution in [0.4, 0.5) is 5.69 Å². The lowest BCUT2D eigenvalue weighted by Crippen LogP contribution is -2.12. The van der Waals surface area contributed by atoms with Crippen molar-refractivity contribution in [1.29, 1.82) is 0 Å². The van der Waals surface area contributed by atoms with Gasteiger partial charge in [-0.05, 0) is 29.8 Å². The highest BCUT2D eigenvalue weighted by Crippen LogP contribution is 2.15. The molecule has 2 aromatic carbocycles. The summed E-state index contributed by atoms with van der Waals surface area (Å²) in [6.07, 6.45) is 5.27. The van der Waals surface area contributed by atoms with E-state index in [2.05, 4.69) is 17.8 Å². The first-order valence-corrected chi connectivity index (χ1v) is 5.83. The first-order valence-electron chi connectivity index (χ1n) is 5.83. The van der Waals surface area contributed by atoms with E-state index in [9.17, 15) is 4.79 Å². The van der Waals surface area contributed by atoms with Gasteiger partial charge in [0.1, 0.15) is 0 Å². The molecule has 0 saturated heterocycles. The Labute approximate surface area is 112 Å². The molecule has 92 valence electrons. The molecule has 19 heavy (non-hydrogen) atoms. The number of carbonyl (C=O) groups excluding carboxylic acids is 1. The fraction of sp³-hybridized carbons (Fsp3) is 0. The summed E-state index contributed by atoms with van der Waals surface area (Å²) < 4.78 is 0. The number of amides is 1. The van der Waals surface area contributed by atoms with Crippen molar-refractivity contribution in [2.75, 3.05) is 5.32 Å². The van der Waals surface area contributed by atoms with Gasteiger partial charge in [0.25, 0.3) is 5.91 Å². The number of terminal acetylenes is 1. The van der Waals surface area contributed by atoms with E-state index in [0.29, 0.717) is 11.3 Å². The van der Waals surface area contributed by atoms with Gasteiger partial charge in [0.05, 0.1) is 0 Å².